The third kappa shape index (κ3) is 13.8. The summed E-state index contributed by atoms with van der Waals surface area (Å²) in [5, 5.41) is 8.82. The predicted molar refractivity (Wildman–Crippen MR) is 329 cm³/mol. The van der Waals surface area contributed by atoms with Crippen LogP contribution in [0.4, 0.5) is 23.7 Å². The molecule has 7 aromatic rings. The number of methoxy groups -OCH3 is 1. The number of rotatable bonds is 20. The van der Waals surface area contributed by atoms with Crippen molar-refractivity contribution in [3.8, 4) is 34.5 Å². The van der Waals surface area contributed by atoms with E-state index >= 15 is 0 Å². The minimum absolute atomic E-state index is 0.0422. The molecule has 4 fully saturated rings. The van der Waals surface area contributed by atoms with E-state index in [9.17, 15) is 27.6 Å². The lowest BCUT2D eigenvalue weighted by molar-refractivity contribution is -0.137. The summed E-state index contributed by atoms with van der Waals surface area (Å²) in [6.07, 6.45) is 1.39. The van der Waals surface area contributed by atoms with E-state index in [0.29, 0.717) is 133 Å². The van der Waals surface area contributed by atoms with Crippen molar-refractivity contribution in [3.05, 3.63) is 168 Å². The Labute approximate surface area is 526 Å². The number of anilines is 1. The molecular formula is C65H67ClF3N9O9S2. The normalized spacial score (nSPS) is 18.3. The number of amides is 4. The number of nitrogens with one attached hydrogen (secondary N) is 1. The van der Waals surface area contributed by atoms with Crippen molar-refractivity contribution in [3.63, 3.8) is 0 Å². The molecule has 2 aromatic heterocycles. The number of likely N-dealkylation sites (tertiary alicyclic amines) is 1. The highest BCUT2D eigenvalue weighted by atomic mass is 35.5. The Balaban J connectivity index is 0.609. The van der Waals surface area contributed by atoms with Crippen LogP contribution < -0.4 is 38.6 Å². The standard InChI is InChI=1S/C65H67ClF3N9O9S2/c1-82-57-29-49(14-12-44(57)33-74(32-43-10-16-56-59(27-43)87-40-85-56)35-61-70-52(37-89-61)62(79)76-19-17-47(18-20-76)78-54-8-3-2-7-51(54)72-64(78)81)83-36-45-11-13-48(28-50(45)66)75-21-23-77(24-22-75)63(80)53-38-88-60(71-53)34-73(30-41-5-4-6-46(25-41)65(67,68)69)31-42-9-15-55-58(26-42)86-39-84-55/h4-6,9-16,25-29,37-38,47,51,54H,2-3,7-8,17-24,30-36,39-40H2,1H3,(H,72,81). The van der Waals surface area contributed by atoms with E-state index in [1.54, 1.807) is 23.5 Å². The maximum Gasteiger partial charge on any atom is 0.416 e. The summed E-state index contributed by atoms with van der Waals surface area (Å²) in [5.74, 6) is 3.62. The van der Waals surface area contributed by atoms with Crippen LogP contribution in [0.1, 0.15) is 103 Å². The largest absolute Gasteiger partial charge is 0.496 e. The highest BCUT2D eigenvalue weighted by molar-refractivity contribution is 7.10. The third-order valence-electron chi connectivity index (χ3n) is 17.4. The van der Waals surface area contributed by atoms with Gasteiger partial charge in [-0.15, -0.1) is 22.7 Å². The number of benzene rings is 5. The molecule has 7 heterocycles. The number of fused-ring (bicyclic) bond motifs is 3. The highest BCUT2D eigenvalue weighted by Crippen LogP contribution is 2.38. The lowest BCUT2D eigenvalue weighted by atomic mass is 9.89. The molecule has 1 aliphatic carbocycles. The molecular weight excluding hydrogens is 1210 g/mol. The summed E-state index contributed by atoms with van der Waals surface area (Å²) in [6.45, 7) is 6.13. The van der Waals surface area contributed by atoms with Crippen molar-refractivity contribution in [2.45, 2.75) is 109 Å². The number of halogens is 4. The Hall–Kier alpha value is -7.83. The van der Waals surface area contributed by atoms with E-state index in [2.05, 4.69) is 20.0 Å². The molecule has 2 atom stereocenters. The number of piperidine rings is 1. The maximum absolute atomic E-state index is 13.9. The van der Waals surface area contributed by atoms with Crippen molar-refractivity contribution in [2.75, 3.05) is 64.9 Å². The Morgan fingerprint density at radius 1 is 0.663 bits per heavy atom. The van der Waals surface area contributed by atoms with Crippen molar-refractivity contribution < 1.29 is 56.0 Å². The molecule has 1 saturated carbocycles. The van der Waals surface area contributed by atoms with Gasteiger partial charge in [0.25, 0.3) is 11.8 Å². The monoisotopic (exact) mass is 1270 g/mol. The lowest BCUT2D eigenvalue weighted by Crippen LogP contribution is -2.51. The van der Waals surface area contributed by atoms with E-state index in [-0.39, 0.29) is 62.7 Å². The molecule has 24 heteroatoms. The smallest absolute Gasteiger partial charge is 0.416 e. The first kappa shape index (κ1) is 60.1. The van der Waals surface area contributed by atoms with Crippen LogP contribution in [0.25, 0.3) is 0 Å². The van der Waals surface area contributed by atoms with E-state index in [1.165, 1.54) is 34.8 Å². The predicted octanol–water partition coefficient (Wildman–Crippen LogP) is 11.6. The van der Waals surface area contributed by atoms with Crippen LogP contribution in [0.3, 0.4) is 0 Å². The van der Waals surface area contributed by atoms with E-state index in [0.717, 1.165) is 77.5 Å². The number of carbonyl (C=O) groups is 3. The van der Waals surface area contributed by atoms with E-state index in [1.807, 2.05) is 88.0 Å². The summed E-state index contributed by atoms with van der Waals surface area (Å²) in [6, 6.07) is 29.2. The molecule has 5 aliphatic heterocycles. The molecule has 6 aliphatic rings. The number of ether oxygens (including phenoxy) is 6. The fourth-order valence-electron chi connectivity index (χ4n) is 12.8. The first-order valence-corrected chi connectivity index (χ1v) is 32.1. The summed E-state index contributed by atoms with van der Waals surface area (Å²) < 4.78 is 75.7. The number of nitrogens with zero attached hydrogens (tertiary/aromatic N) is 8. The van der Waals surface area contributed by atoms with Crippen LogP contribution in [0.5, 0.6) is 34.5 Å². The van der Waals surface area contributed by atoms with Gasteiger partial charge in [0, 0.05) is 110 Å². The number of thiazole rings is 2. The van der Waals surface area contributed by atoms with Crippen molar-refractivity contribution in [1.29, 1.82) is 0 Å². The SMILES string of the molecule is COc1cc(OCc2ccc(N3CCN(C(=O)c4csc(CN(Cc5cccc(C(F)(F)F)c5)Cc5ccc6c(c5)OCO6)n4)CC3)cc2Cl)ccc1CN(Cc1ccc2c(c1)OCO2)Cc1nc(C(=O)N2CCC(N3C(=O)NC4CCCCC43)CC2)cs1. The molecule has 3 saturated heterocycles. The number of carbonyl (C=O) groups excluding carboxylic acids is 3. The van der Waals surface area contributed by atoms with Crippen molar-refractivity contribution in [2.24, 2.45) is 0 Å². The number of hydrogen-bond acceptors (Lipinski definition) is 16. The second-order valence-electron chi connectivity index (χ2n) is 23.3. The number of alkyl halides is 3. The highest BCUT2D eigenvalue weighted by Gasteiger charge is 2.45. The molecule has 0 radical (unpaired) electrons. The molecule has 2 unspecified atom stereocenters. The van der Waals surface area contributed by atoms with Gasteiger partial charge in [0.1, 0.15) is 39.5 Å². The molecule has 1 N–H and O–H groups in total. The topological polar surface area (TPSA) is 164 Å². The third-order valence-corrected chi connectivity index (χ3v) is 19.4. The van der Waals surface area contributed by atoms with Gasteiger partial charge < -0.3 is 53.3 Å². The van der Waals surface area contributed by atoms with Gasteiger partial charge in [-0.1, -0.05) is 66.9 Å². The second-order valence-corrected chi connectivity index (χ2v) is 25.6. The molecule has 89 heavy (non-hydrogen) atoms. The Kier molecular flexibility index (Phi) is 17.8. The van der Waals surface area contributed by atoms with Crippen LogP contribution in [0.15, 0.2) is 108 Å². The molecule has 466 valence electrons. The molecule has 5 aromatic carbocycles. The lowest BCUT2D eigenvalue weighted by Gasteiger charge is -2.40. The van der Waals surface area contributed by atoms with Crippen molar-refractivity contribution >= 4 is 57.8 Å². The van der Waals surface area contributed by atoms with Gasteiger partial charge in [0.2, 0.25) is 13.6 Å². The molecule has 0 spiro atoms. The van der Waals surface area contributed by atoms with Gasteiger partial charge in [-0.3, -0.25) is 19.4 Å². The van der Waals surface area contributed by atoms with Crippen LogP contribution in [0, 0.1) is 0 Å². The first-order chi connectivity index (χ1) is 43.2. The van der Waals surface area contributed by atoms with Crippen LogP contribution in [-0.2, 0) is 52.1 Å². The average molecular weight is 1270 g/mol. The molecule has 4 amide bonds. The fourth-order valence-corrected chi connectivity index (χ4v) is 14.7. The van der Waals surface area contributed by atoms with E-state index in [4.69, 9.17) is 50.0 Å². The molecule has 13 rings (SSSR count). The van der Waals surface area contributed by atoms with Crippen molar-refractivity contribution in [1.82, 2.24) is 39.8 Å². The summed E-state index contributed by atoms with van der Waals surface area (Å²) in [5.41, 5.74) is 5.10. The zero-order chi connectivity index (χ0) is 61.2. The number of piperazine rings is 1. The Morgan fingerprint density at radius 2 is 1.26 bits per heavy atom. The quantitative estimate of drug-likeness (QED) is 0.0766. The van der Waals surface area contributed by atoms with Gasteiger partial charge in [0.05, 0.1) is 37.8 Å². The second kappa shape index (κ2) is 26.3. The molecule has 18 nitrogen and oxygen atoms in total. The van der Waals surface area contributed by atoms with E-state index < -0.39 is 11.7 Å². The van der Waals surface area contributed by atoms with Gasteiger partial charge in [-0.05, 0) is 90.9 Å². The summed E-state index contributed by atoms with van der Waals surface area (Å²) in [7, 11) is 1.64. The zero-order valence-corrected chi connectivity index (χ0v) is 51.4. The Morgan fingerprint density at radius 3 is 1.89 bits per heavy atom. The number of hydrogen-bond donors (Lipinski definition) is 1. The zero-order valence-electron chi connectivity index (χ0n) is 49.1. The summed E-state index contributed by atoms with van der Waals surface area (Å²) in [4.78, 5) is 62.6. The summed E-state index contributed by atoms with van der Waals surface area (Å²) >= 11 is 9.75. The van der Waals surface area contributed by atoms with Crippen LogP contribution >= 0.6 is 34.3 Å². The molecule has 0 bridgehead atoms. The Bertz CT molecular complexity index is 3730. The average Bonchev–Trinajstić information content (AvgIpc) is 1.95. The number of aromatic nitrogens is 2. The minimum atomic E-state index is -4.47. The van der Waals surface area contributed by atoms with Gasteiger partial charge in [-0.2, -0.15) is 13.2 Å². The maximum atomic E-state index is 13.9. The van der Waals surface area contributed by atoms with Gasteiger partial charge in [-0.25, -0.2) is 14.8 Å². The minimum Gasteiger partial charge on any atom is -0.496 e. The van der Waals surface area contributed by atoms with Gasteiger partial charge in [0.15, 0.2) is 23.0 Å². The first-order valence-electron chi connectivity index (χ1n) is 30.0. The van der Waals surface area contributed by atoms with Crippen LogP contribution in [0.2, 0.25) is 5.02 Å². The van der Waals surface area contributed by atoms with Gasteiger partial charge >= 0.3 is 12.2 Å². The number of urea groups is 1. The van der Waals surface area contributed by atoms with Crippen LogP contribution in [-0.4, -0.2) is 130 Å². The fraction of sp³-hybridized carbons (Fsp3) is 0.400.